The molecule has 0 aliphatic heterocycles. The van der Waals surface area contributed by atoms with Crippen molar-refractivity contribution in [1.82, 2.24) is 20.4 Å². The van der Waals surface area contributed by atoms with E-state index in [1.54, 1.807) is 6.20 Å². The second-order valence-electron chi connectivity index (χ2n) is 6.66. The summed E-state index contributed by atoms with van der Waals surface area (Å²) in [6, 6.07) is 23.2. The van der Waals surface area contributed by atoms with Gasteiger partial charge in [0.2, 0.25) is 11.7 Å². The first-order valence-corrected chi connectivity index (χ1v) is 10.5. The third kappa shape index (κ3) is 4.93. The molecule has 150 valence electrons. The summed E-state index contributed by atoms with van der Waals surface area (Å²) >= 11 is 1.38. The second-order valence-corrected chi connectivity index (χ2v) is 7.66. The first-order chi connectivity index (χ1) is 14.7. The molecule has 0 saturated carbocycles. The molecular formula is C23H20N4O2S. The van der Waals surface area contributed by atoms with Crippen molar-refractivity contribution in [1.29, 1.82) is 0 Å². The lowest BCUT2D eigenvalue weighted by molar-refractivity contribution is -0.119. The van der Waals surface area contributed by atoms with Gasteiger partial charge in [-0.05, 0) is 24.6 Å². The molecule has 1 atom stereocenters. The van der Waals surface area contributed by atoms with Gasteiger partial charge in [-0.2, -0.15) is 4.98 Å². The number of hydrogen-bond acceptors (Lipinski definition) is 6. The van der Waals surface area contributed by atoms with Crippen LogP contribution in [-0.4, -0.2) is 26.8 Å². The van der Waals surface area contributed by atoms with Gasteiger partial charge in [-0.15, -0.1) is 0 Å². The standard InChI is InChI=1S/C23H20N4O2S/c1-16(17-8-4-2-5-9-17)25-20(28)15-30-21-13-12-19(14-24-21)23-26-22(27-29-23)18-10-6-3-7-11-18/h2-14,16H,15H2,1H3,(H,25,28). The van der Waals surface area contributed by atoms with Crippen LogP contribution in [0, 0.1) is 0 Å². The van der Waals surface area contributed by atoms with Gasteiger partial charge in [-0.25, -0.2) is 4.98 Å². The molecule has 0 bridgehead atoms. The van der Waals surface area contributed by atoms with Crippen LogP contribution in [0.25, 0.3) is 22.8 Å². The second kappa shape index (κ2) is 9.37. The van der Waals surface area contributed by atoms with Crippen LogP contribution in [0.1, 0.15) is 18.5 Å². The lowest BCUT2D eigenvalue weighted by Crippen LogP contribution is -2.28. The molecule has 0 spiro atoms. The summed E-state index contributed by atoms with van der Waals surface area (Å²) in [5.41, 5.74) is 2.70. The molecule has 6 nitrogen and oxygen atoms in total. The Kier molecular flexibility index (Phi) is 6.20. The zero-order valence-corrected chi connectivity index (χ0v) is 17.2. The number of benzene rings is 2. The Morgan fingerprint density at radius 3 is 2.43 bits per heavy atom. The summed E-state index contributed by atoms with van der Waals surface area (Å²) < 4.78 is 5.36. The number of rotatable bonds is 7. The molecule has 1 amide bonds. The van der Waals surface area contributed by atoms with E-state index in [9.17, 15) is 4.79 Å². The smallest absolute Gasteiger partial charge is 0.259 e. The average molecular weight is 417 g/mol. The highest BCUT2D eigenvalue weighted by Crippen LogP contribution is 2.23. The topological polar surface area (TPSA) is 80.9 Å². The van der Waals surface area contributed by atoms with E-state index in [1.165, 1.54) is 11.8 Å². The number of nitrogens with zero attached hydrogens (tertiary/aromatic N) is 3. The van der Waals surface area contributed by atoms with E-state index in [4.69, 9.17) is 4.52 Å². The average Bonchev–Trinajstić information content (AvgIpc) is 3.29. The predicted molar refractivity (Wildman–Crippen MR) is 117 cm³/mol. The zero-order chi connectivity index (χ0) is 20.8. The molecule has 0 fully saturated rings. The van der Waals surface area contributed by atoms with Gasteiger partial charge in [0.25, 0.3) is 5.89 Å². The molecule has 30 heavy (non-hydrogen) atoms. The first kappa shape index (κ1) is 19.8. The van der Waals surface area contributed by atoms with E-state index in [-0.39, 0.29) is 11.9 Å². The van der Waals surface area contributed by atoms with Crippen molar-refractivity contribution in [3.63, 3.8) is 0 Å². The minimum Gasteiger partial charge on any atom is -0.349 e. The minimum absolute atomic E-state index is 0.0355. The molecule has 2 aromatic carbocycles. The maximum Gasteiger partial charge on any atom is 0.259 e. The summed E-state index contributed by atoms with van der Waals surface area (Å²) in [4.78, 5) is 21.1. The molecule has 1 N–H and O–H groups in total. The maximum atomic E-state index is 12.2. The molecule has 4 rings (SSSR count). The third-order valence-electron chi connectivity index (χ3n) is 4.47. The van der Waals surface area contributed by atoms with Gasteiger partial charge in [-0.3, -0.25) is 4.79 Å². The van der Waals surface area contributed by atoms with Crippen LogP contribution in [0.3, 0.4) is 0 Å². The summed E-state index contributed by atoms with van der Waals surface area (Å²) in [5, 5.41) is 7.78. The molecule has 0 saturated heterocycles. The van der Waals surface area contributed by atoms with Gasteiger partial charge in [0, 0.05) is 11.8 Å². The van der Waals surface area contributed by atoms with Crippen molar-refractivity contribution in [2.75, 3.05) is 5.75 Å². The molecular weight excluding hydrogens is 396 g/mol. The quantitative estimate of drug-likeness (QED) is 0.437. The summed E-state index contributed by atoms with van der Waals surface area (Å²) in [6.45, 7) is 1.97. The van der Waals surface area contributed by atoms with Crippen molar-refractivity contribution in [3.8, 4) is 22.8 Å². The van der Waals surface area contributed by atoms with E-state index in [1.807, 2.05) is 79.7 Å². The monoisotopic (exact) mass is 416 g/mol. The van der Waals surface area contributed by atoms with Crippen molar-refractivity contribution < 1.29 is 9.32 Å². The fourth-order valence-electron chi connectivity index (χ4n) is 2.89. The number of carbonyl (C=O) groups is 1. The maximum absolute atomic E-state index is 12.2. The number of nitrogens with one attached hydrogen (secondary N) is 1. The van der Waals surface area contributed by atoms with Crippen LogP contribution in [0.2, 0.25) is 0 Å². The highest BCUT2D eigenvalue weighted by molar-refractivity contribution is 7.99. The number of aromatic nitrogens is 3. The van der Waals surface area contributed by atoms with Crippen LogP contribution >= 0.6 is 11.8 Å². The van der Waals surface area contributed by atoms with Gasteiger partial charge < -0.3 is 9.84 Å². The Morgan fingerprint density at radius 2 is 1.73 bits per heavy atom. The van der Waals surface area contributed by atoms with Gasteiger partial charge in [0.15, 0.2) is 0 Å². The molecule has 0 aliphatic carbocycles. The van der Waals surface area contributed by atoms with Crippen LogP contribution in [0.4, 0.5) is 0 Å². The normalized spacial score (nSPS) is 11.8. The van der Waals surface area contributed by atoms with Gasteiger partial charge in [0.1, 0.15) is 0 Å². The molecule has 2 heterocycles. The lowest BCUT2D eigenvalue weighted by atomic mass is 10.1. The largest absolute Gasteiger partial charge is 0.349 e. The lowest BCUT2D eigenvalue weighted by Gasteiger charge is -2.13. The van der Waals surface area contributed by atoms with Crippen LogP contribution in [0.5, 0.6) is 0 Å². The zero-order valence-electron chi connectivity index (χ0n) is 16.4. The molecule has 4 aromatic rings. The van der Waals surface area contributed by atoms with Crippen molar-refractivity contribution in [2.45, 2.75) is 18.0 Å². The molecule has 1 unspecified atom stereocenters. The Morgan fingerprint density at radius 1 is 1.00 bits per heavy atom. The van der Waals surface area contributed by atoms with E-state index in [0.717, 1.165) is 21.7 Å². The van der Waals surface area contributed by atoms with E-state index < -0.39 is 0 Å². The van der Waals surface area contributed by atoms with Crippen molar-refractivity contribution in [3.05, 3.63) is 84.6 Å². The van der Waals surface area contributed by atoms with Crippen LogP contribution in [-0.2, 0) is 4.79 Å². The minimum atomic E-state index is -0.0361. The first-order valence-electron chi connectivity index (χ1n) is 9.52. The predicted octanol–water partition coefficient (Wildman–Crippen LogP) is 4.77. The van der Waals surface area contributed by atoms with Gasteiger partial charge in [0.05, 0.1) is 22.4 Å². The Bertz CT molecular complexity index is 1100. The number of amides is 1. The highest BCUT2D eigenvalue weighted by Gasteiger charge is 2.12. The Balaban J connectivity index is 1.33. The SMILES string of the molecule is CC(NC(=O)CSc1ccc(-c2nc(-c3ccccc3)no2)cn1)c1ccccc1. The highest BCUT2D eigenvalue weighted by atomic mass is 32.2. The van der Waals surface area contributed by atoms with Crippen molar-refractivity contribution in [2.24, 2.45) is 0 Å². The number of thioether (sulfide) groups is 1. The summed E-state index contributed by atoms with van der Waals surface area (Å²) in [5.74, 6) is 1.20. The fraction of sp³-hybridized carbons (Fsp3) is 0.130. The van der Waals surface area contributed by atoms with Gasteiger partial charge >= 0.3 is 0 Å². The van der Waals surface area contributed by atoms with Gasteiger partial charge in [-0.1, -0.05) is 77.6 Å². The third-order valence-corrected chi connectivity index (χ3v) is 5.41. The Labute approximate surface area is 178 Å². The molecule has 0 radical (unpaired) electrons. The number of hydrogen-bond donors (Lipinski definition) is 1. The summed E-state index contributed by atoms with van der Waals surface area (Å²) in [7, 11) is 0. The van der Waals surface area contributed by atoms with E-state index in [2.05, 4.69) is 20.4 Å². The van der Waals surface area contributed by atoms with E-state index >= 15 is 0 Å². The molecule has 7 heteroatoms. The van der Waals surface area contributed by atoms with Crippen molar-refractivity contribution >= 4 is 17.7 Å². The van der Waals surface area contributed by atoms with Crippen LogP contribution in [0.15, 0.2) is 88.5 Å². The Hall–Kier alpha value is -3.45. The van der Waals surface area contributed by atoms with Crippen LogP contribution < -0.4 is 5.32 Å². The number of carbonyl (C=O) groups excluding carboxylic acids is 1. The van der Waals surface area contributed by atoms with E-state index in [0.29, 0.717) is 17.5 Å². The molecule has 2 aromatic heterocycles. The molecule has 0 aliphatic rings. The summed E-state index contributed by atoms with van der Waals surface area (Å²) in [6.07, 6.45) is 1.68. The fourth-order valence-corrected chi connectivity index (χ4v) is 3.54. The number of pyridine rings is 1.